The fraction of sp³-hybridized carbons (Fsp3) is 0.429. The minimum Gasteiger partial charge on any atom is -0.459 e. The van der Waals surface area contributed by atoms with Crippen molar-refractivity contribution in [1.29, 1.82) is 0 Å². The van der Waals surface area contributed by atoms with Crippen molar-refractivity contribution in [2.24, 2.45) is 0 Å². The van der Waals surface area contributed by atoms with E-state index in [0.717, 1.165) is 29.8 Å². The zero-order valence-corrected chi connectivity index (χ0v) is 17.8. The molecule has 2 aliphatic rings. The largest absolute Gasteiger partial charge is 0.459 e. The third-order valence-corrected chi connectivity index (χ3v) is 6.39. The summed E-state index contributed by atoms with van der Waals surface area (Å²) in [7, 11) is 0. The lowest BCUT2D eigenvalue weighted by Crippen LogP contribution is -2.57. The number of hydrogen-bond donors (Lipinski definition) is 1. The Kier molecular flexibility index (Phi) is 7.64. The van der Waals surface area contributed by atoms with Crippen molar-refractivity contribution >= 4 is 36.0 Å². The van der Waals surface area contributed by atoms with Gasteiger partial charge in [-0.3, -0.25) is 9.59 Å². The van der Waals surface area contributed by atoms with Crippen LogP contribution in [0.25, 0.3) is 0 Å². The molecule has 8 heteroatoms. The van der Waals surface area contributed by atoms with Gasteiger partial charge < -0.3 is 19.5 Å². The van der Waals surface area contributed by atoms with Crippen LogP contribution in [0.15, 0.2) is 52.0 Å². The molecule has 1 aromatic carbocycles. The van der Waals surface area contributed by atoms with Gasteiger partial charge in [-0.25, -0.2) is 0 Å². The van der Waals surface area contributed by atoms with Crippen molar-refractivity contribution in [2.45, 2.75) is 29.5 Å². The smallest absolute Gasteiger partial charge is 0.289 e. The zero-order valence-electron chi connectivity index (χ0n) is 16.2. The van der Waals surface area contributed by atoms with Crippen LogP contribution in [0.1, 0.15) is 29.0 Å². The summed E-state index contributed by atoms with van der Waals surface area (Å²) in [5.74, 6) is 1.18. The molecule has 0 spiro atoms. The summed E-state index contributed by atoms with van der Waals surface area (Å²) in [4.78, 5) is 30.3. The lowest BCUT2D eigenvalue weighted by atomic mass is 10.0. The lowest BCUT2D eigenvalue weighted by molar-refractivity contribution is -0.135. The van der Waals surface area contributed by atoms with Crippen molar-refractivity contribution in [3.05, 3.63) is 54.0 Å². The molecular formula is C21H26ClN3O3S. The van der Waals surface area contributed by atoms with E-state index in [9.17, 15) is 9.59 Å². The summed E-state index contributed by atoms with van der Waals surface area (Å²) < 4.78 is 5.57. The van der Waals surface area contributed by atoms with Gasteiger partial charge in [0.15, 0.2) is 5.76 Å². The van der Waals surface area contributed by atoms with Crippen molar-refractivity contribution in [2.75, 3.05) is 32.7 Å². The first-order valence-corrected chi connectivity index (χ1v) is 10.7. The molecule has 3 heterocycles. The number of benzene rings is 1. The van der Waals surface area contributed by atoms with Gasteiger partial charge in [0, 0.05) is 48.4 Å². The number of rotatable bonds is 5. The normalized spacial score (nSPS) is 19.7. The first kappa shape index (κ1) is 21.7. The lowest BCUT2D eigenvalue weighted by Gasteiger charge is -2.40. The van der Waals surface area contributed by atoms with Gasteiger partial charge in [0.05, 0.1) is 12.8 Å². The zero-order chi connectivity index (χ0) is 19.3. The minimum atomic E-state index is -0.0686. The molecule has 2 aliphatic heterocycles. The van der Waals surface area contributed by atoms with Crippen LogP contribution in [-0.2, 0) is 10.5 Å². The highest BCUT2D eigenvalue weighted by Gasteiger charge is 2.33. The van der Waals surface area contributed by atoms with Crippen LogP contribution >= 0.6 is 24.2 Å². The molecule has 1 unspecified atom stereocenters. The van der Waals surface area contributed by atoms with Crippen LogP contribution in [0.4, 0.5) is 0 Å². The SMILES string of the molecule is Cl.O=C(c1occc1CSc1ccccc1)N1CCCC(N2CCNCC2=O)C1. The molecule has 0 bridgehead atoms. The predicted octanol–water partition coefficient (Wildman–Crippen LogP) is 3.03. The molecule has 2 fully saturated rings. The van der Waals surface area contributed by atoms with E-state index in [1.165, 1.54) is 0 Å². The van der Waals surface area contributed by atoms with Crippen LogP contribution in [0.5, 0.6) is 0 Å². The number of piperidine rings is 1. The molecule has 1 N–H and O–H groups in total. The monoisotopic (exact) mass is 435 g/mol. The van der Waals surface area contributed by atoms with E-state index < -0.39 is 0 Å². The summed E-state index contributed by atoms with van der Waals surface area (Å²) in [5.41, 5.74) is 0.916. The second kappa shape index (κ2) is 10.2. The maximum atomic E-state index is 13.1. The first-order chi connectivity index (χ1) is 13.7. The van der Waals surface area contributed by atoms with Gasteiger partial charge in [0.2, 0.25) is 5.91 Å². The van der Waals surface area contributed by atoms with Gasteiger partial charge in [0.25, 0.3) is 5.91 Å². The molecule has 0 aliphatic carbocycles. The van der Waals surface area contributed by atoms with Gasteiger partial charge in [0.1, 0.15) is 0 Å². The Hall–Kier alpha value is -1.96. The summed E-state index contributed by atoms with van der Waals surface area (Å²) in [6, 6.07) is 12.1. The number of nitrogens with one attached hydrogen (secondary N) is 1. The minimum absolute atomic E-state index is 0. The molecule has 4 rings (SSSR count). The Balaban J connectivity index is 0.00000240. The quantitative estimate of drug-likeness (QED) is 0.731. The maximum Gasteiger partial charge on any atom is 0.289 e. The van der Waals surface area contributed by atoms with E-state index in [0.29, 0.717) is 37.7 Å². The van der Waals surface area contributed by atoms with Crippen LogP contribution in [-0.4, -0.2) is 60.4 Å². The number of likely N-dealkylation sites (tertiary alicyclic amines) is 1. The van der Waals surface area contributed by atoms with E-state index in [1.54, 1.807) is 18.0 Å². The number of piperazine rings is 1. The molecule has 2 amide bonds. The summed E-state index contributed by atoms with van der Waals surface area (Å²) in [5, 5.41) is 3.11. The highest BCUT2D eigenvalue weighted by atomic mass is 35.5. The average Bonchev–Trinajstić information content (AvgIpc) is 3.21. The highest BCUT2D eigenvalue weighted by molar-refractivity contribution is 7.98. The van der Waals surface area contributed by atoms with Gasteiger partial charge in [-0.2, -0.15) is 0 Å². The molecule has 2 saturated heterocycles. The van der Waals surface area contributed by atoms with Crippen molar-refractivity contribution in [1.82, 2.24) is 15.1 Å². The fourth-order valence-electron chi connectivity index (χ4n) is 3.86. The summed E-state index contributed by atoms with van der Waals surface area (Å²) >= 11 is 1.69. The van der Waals surface area contributed by atoms with Gasteiger partial charge in [-0.15, -0.1) is 24.2 Å². The van der Waals surface area contributed by atoms with Crippen LogP contribution in [0, 0.1) is 0 Å². The third-order valence-electron chi connectivity index (χ3n) is 5.33. The van der Waals surface area contributed by atoms with E-state index >= 15 is 0 Å². The molecular weight excluding hydrogens is 410 g/mol. The van der Waals surface area contributed by atoms with Gasteiger partial charge >= 0.3 is 0 Å². The standard InChI is InChI=1S/C21H25N3O3S.ClH/c25-19-13-22-9-11-24(19)17-5-4-10-23(14-17)21(26)20-16(8-12-27-20)15-28-18-6-2-1-3-7-18;/h1-3,6-8,12,17,22H,4-5,9-11,13-15H2;1H. The summed E-state index contributed by atoms with van der Waals surface area (Å²) in [6.45, 7) is 3.21. The number of amides is 2. The Bertz CT molecular complexity index is 830. The molecule has 156 valence electrons. The fourth-order valence-corrected chi connectivity index (χ4v) is 4.76. The molecule has 0 saturated carbocycles. The predicted molar refractivity (Wildman–Crippen MR) is 115 cm³/mol. The topological polar surface area (TPSA) is 65.8 Å². The van der Waals surface area contributed by atoms with Gasteiger partial charge in [-0.05, 0) is 31.0 Å². The number of hydrogen-bond acceptors (Lipinski definition) is 5. The van der Waals surface area contributed by atoms with E-state index in [2.05, 4.69) is 17.4 Å². The van der Waals surface area contributed by atoms with E-state index in [-0.39, 0.29) is 30.3 Å². The van der Waals surface area contributed by atoms with E-state index in [1.807, 2.05) is 34.1 Å². The van der Waals surface area contributed by atoms with Crippen molar-refractivity contribution < 1.29 is 14.0 Å². The molecule has 1 aromatic heterocycles. The number of carbonyl (C=O) groups excluding carboxylic acids is 2. The first-order valence-electron chi connectivity index (χ1n) is 9.76. The molecule has 1 atom stereocenters. The Labute approximate surface area is 181 Å². The summed E-state index contributed by atoms with van der Waals surface area (Å²) in [6.07, 6.45) is 3.45. The highest BCUT2D eigenvalue weighted by Crippen LogP contribution is 2.26. The molecule has 0 radical (unpaired) electrons. The van der Waals surface area contributed by atoms with E-state index in [4.69, 9.17) is 4.42 Å². The number of carbonyl (C=O) groups is 2. The second-order valence-corrected chi connectivity index (χ2v) is 8.24. The van der Waals surface area contributed by atoms with Crippen molar-refractivity contribution in [3.8, 4) is 0 Å². The number of nitrogens with zero attached hydrogens (tertiary/aromatic N) is 2. The Morgan fingerprint density at radius 1 is 1.21 bits per heavy atom. The second-order valence-electron chi connectivity index (χ2n) is 7.19. The number of furan rings is 1. The maximum absolute atomic E-state index is 13.1. The Morgan fingerprint density at radius 2 is 2.03 bits per heavy atom. The van der Waals surface area contributed by atoms with Crippen LogP contribution in [0.2, 0.25) is 0 Å². The van der Waals surface area contributed by atoms with Crippen LogP contribution < -0.4 is 5.32 Å². The molecule has 29 heavy (non-hydrogen) atoms. The Morgan fingerprint density at radius 3 is 2.83 bits per heavy atom. The van der Waals surface area contributed by atoms with Crippen molar-refractivity contribution in [3.63, 3.8) is 0 Å². The number of thioether (sulfide) groups is 1. The molecule has 6 nitrogen and oxygen atoms in total. The third kappa shape index (κ3) is 5.15. The average molecular weight is 436 g/mol. The van der Waals surface area contributed by atoms with Crippen LogP contribution in [0.3, 0.4) is 0 Å². The van der Waals surface area contributed by atoms with Gasteiger partial charge in [-0.1, -0.05) is 18.2 Å². The number of halogens is 1. The molecule has 2 aromatic rings.